The number of aliphatic hydroxyl groups is 1. The Kier molecular flexibility index (Phi) is 4.53. The third-order valence-corrected chi connectivity index (χ3v) is 5.71. The van der Waals surface area contributed by atoms with Crippen molar-refractivity contribution in [3.05, 3.63) is 0 Å². The summed E-state index contributed by atoms with van der Waals surface area (Å²) >= 11 is 0. The van der Waals surface area contributed by atoms with E-state index in [1.165, 1.54) is 11.9 Å². The molecule has 0 saturated carbocycles. The van der Waals surface area contributed by atoms with Gasteiger partial charge < -0.3 is 25.4 Å². The highest BCUT2D eigenvalue weighted by Crippen LogP contribution is 2.58. The average molecular weight is 353 g/mol. The van der Waals surface area contributed by atoms with Gasteiger partial charge in [-0.25, -0.2) is 0 Å². The van der Waals surface area contributed by atoms with Crippen molar-refractivity contribution in [2.24, 2.45) is 11.8 Å². The minimum Gasteiger partial charge on any atom is -0.394 e. The third-order valence-electron chi connectivity index (χ3n) is 5.71. The maximum Gasteiger partial charge on any atom is 0.246 e. The summed E-state index contributed by atoms with van der Waals surface area (Å²) in [6, 6.07) is -1.43. The van der Waals surface area contributed by atoms with Gasteiger partial charge in [0, 0.05) is 13.1 Å². The Bertz CT molecular complexity index is 595. The first-order valence-electron chi connectivity index (χ1n) is 8.91. The number of fused-ring (bicyclic) bond motifs is 1. The molecule has 6 atom stereocenters. The van der Waals surface area contributed by atoms with Gasteiger partial charge in [0.1, 0.15) is 11.6 Å². The first-order valence-corrected chi connectivity index (χ1v) is 8.91. The first-order chi connectivity index (χ1) is 11.8. The standard InChI is InChI=1S/C17H27N3O5/c1-8(2)19-15(23)13-17-6-5-10(25-17)11(14(22)18-4)12(17)16(24)20(13)9(3)7-21/h8-13,21H,5-7H2,1-4H3,(H,18,22)(H,19,23)/t9-,10-,11+,12+,13?,17?/m1/s1. The van der Waals surface area contributed by atoms with E-state index in [2.05, 4.69) is 10.6 Å². The zero-order chi connectivity index (χ0) is 18.5. The van der Waals surface area contributed by atoms with Crippen LogP contribution in [0.2, 0.25) is 0 Å². The summed E-state index contributed by atoms with van der Waals surface area (Å²) in [7, 11) is 1.54. The summed E-state index contributed by atoms with van der Waals surface area (Å²) in [5, 5.41) is 15.1. The van der Waals surface area contributed by atoms with Gasteiger partial charge in [-0.3, -0.25) is 14.4 Å². The van der Waals surface area contributed by atoms with Gasteiger partial charge in [-0.1, -0.05) is 0 Å². The van der Waals surface area contributed by atoms with Crippen LogP contribution in [0.4, 0.5) is 0 Å². The zero-order valence-corrected chi connectivity index (χ0v) is 15.1. The predicted molar refractivity (Wildman–Crippen MR) is 88.3 cm³/mol. The Morgan fingerprint density at radius 1 is 1.36 bits per heavy atom. The molecule has 3 aliphatic rings. The van der Waals surface area contributed by atoms with Crippen molar-refractivity contribution in [2.45, 2.75) is 63.4 Å². The molecule has 0 aromatic rings. The summed E-state index contributed by atoms with van der Waals surface area (Å²) in [6.45, 7) is 5.15. The highest BCUT2D eigenvalue weighted by atomic mass is 16.5. The van der Waals surface area contributed by atoms with E-state index in [9.17, 15) is 19.5 Å². The van der Waals surface area contributed by atoms with Crippen molar-refractivity contribution in [3.8, 4) is 0 Å². The van der Waals surface area contributed by atoms with Crippen molar-refractivity contribution >= 4 is 17.7 Å². The average Bonchev–Trinajstić information content (AvgIpc) is 3.20. The van der Waals surface area contributed by atoms with Crippen molar-refractivity contribution in [2.75, 3.05) is 13.7 Å². The molecule has 1 spiro atoms. The molecular formula is C17H27N3O5. The first kappa shape index (κ1) is 18.1. The molecule has 3 N–H and O–H groups in total. The minimum atomic E-state index is -0.985. The molecule has 2 bridgehead atoms. The lowest BCUT2D eigenvalue weighted by Crippen LogP contribution is -2.58. The van der Waals surface area contributed by atoms with Gasteiger partial charge in [0.15, 0.2) is 0 Å². The highest BCUT2D eigenvalue weighted by Gasteiger charge is 2.74. The van der Waals surface area contributed by atoms with Crippen LogP contribution in [0.25, 0.3) is 0 Å². The Balaban J connectivity index is 2.04. The quantitative estimate of drug-likeness (QED) is 0.588. The molecule has 3 rings (SSSR count). The maximum absolute atomic E-state index is 13.2. The lowest BCUT2D eigenvalue weighted by molar-refractivity contribution is -0.145. The second-order valence-electron chi connectivity index (χ2n) is 7.61. The van der Waals surface area contributed by atoms with Gasteiger partial charge in [-0.05, 0) is 33.6 Å². The van der Waals surface area contributed by atoms with E-state index in [0.29, 0.717) is 12.8 Å². The SMILES string of the molecule is CNC(=O)[C@@H]1[C@H]2C(=O)N([C@H](C)CO)C(C(=O)NC(C)C)C23CC[C@H]1O3. The number of carbonyl (C=O) groups is 3. The van der Waals surface area contributed by atoms with E-state index < -0.39 is 29.5 Å². The number of ether oxygens (including phenoxy) is 1. The van der Waals surface area contributed by atoms with Gasteiger partial charge in [-0.15, -0.1) is 0 Å². The van der Waals surface area contributed by atoms with Gasteiger partial charge in [-0.2, -0.15) is 0 Å². The summed E-state index contributed by atoms with van der Waals surface area (Å²) in [6.07, 6.45) is 0.871. The van der Waals surface area contributed by atoms with Gasteiger partial charge in [0.05, 0.1) is 30.6 Å². The fourth-order valence-electron chi connectivity index (χ4n) is 4.78. The topological polar surface area (TPSA) is 108 Å². The normalized spacial score (nSPS) is 37.4. The summed E-state index contributed by atoms with van der Waals surface area (Å²) in [5.74, 6) is -2.06. The Morgan fingerprint density at radius 2 is 2.04 bits per heavy atom. The second kappa shape index (κ2) is 6.25. The molecule has 0 aromatic heterocycles. The Hall–Kier alpha value is -1.67. The number of likely N-dealkylation sites (tertiary alicyclic amines) is 1. The number of nitrogens with zero attached hydrogens (tertiary/aromatic N) is 1. The van der Waals surface area contributed by atoms with Crippen LogP contribution in [0.3, 0.4) is 0 Å². The molecule has 8 nitrogen and oxygen atoms in total. The molecule has 8 heteroatoms. The molecule has 3 heterocycles. The van der Waals surface area contributed by atoms with E-state index in [-0.39, 0.29) is 36.5 Å². The number of aliphatic hydroxyl groups excluding tert-OH is 1. The number of amides is 3. The molecule has 0 aliphatic carbocycles. The summed E-state index contributed by atoms with van der Waals surface area (Å²) in [5.41, 5.74) is -0.985. The third kappa shape index (κ3) is 2.45. The lowest BCUT2D eigenvalue weighted by Gasteiger charge is -2.35. The predicted octanol–water partition coefficient (Wildman–Crippen LogP) is -0.988. The van der Waals surface area contributed by atoms with Crippen molar-refractivity contribution < 1.29 is 24.2 Å². The minimum absolute atomic E-state index is 0.0855. The van der Waals surface area contributed by atoms with Crippen LogP contribution in [0.5, 0.6) is 0 Å². The van der Waals surface area contributed by atoms with Crippen molar-refractivity contribution in [1.29, 1.82) is 0 Å². The van der Waals surface area contributed by atoms with Crippen LogP contribution in [0.15, 0.2) is 0 Å². The fraction of sp³-hybridized carbons (Fsp3) is 0.824. The highest BCUT2D eigenvalue weighted by molar-refractivity contribution is 5.99. The molecule has 0 radical (unpaired) electrons. The molecule has 3 amide bonds. The van der Waals surface area contributed by atoms with Crippen molar-refractivity contribution in [1.82, 2.24) is 15.5 Å². The molecular weight excluding hydrogens is 326 g/mol. The number of rotatable bonds is 5. The molecule has 0 aromatic carbocycles. The fourth-order valence-corrected chi connectivity index (χ4v) is 4.78. The Labute approximate surface area is 147 Å². The van der Waals surface area contributed by atoms with E-state index in [4.69, 9.17) is 4.74 Å². The van der Waals surface area contributed by atoms with Crippen LogP contribution in [-0.4, -0.2) is 71.2 Å². The van der Waals surface area contributed by atoms with E-state index in [1.54, 1.807) is 6.92 Å². The molecule has 140 valence electrons. The second-order valence-corrected chi connectivity index (χ2v) is 7.61. The van der Waals surface area contributed by atoms with Crippen LogP contribution in [0.1, 0.15) is 33.6 Å². The van der Waals surface area contributed by atoms with Gasteiger partial charge in [0.25, 0.3) is 0 Å². The summed E-state index contributed by atoms with van der Waals surface area (Å²) < 4.78 is 6.16. The molecule has 3 saturated heterocycles. The lowest BCUT2D eigenvalue weighted by atomic mass is 9.70. The van der Waals surface area contributed by atoms with Crippen LogP contribution in [-0.2, 0) is 19.1 Å². The number of hydrogen-bond donors (Lipinski definition) is 3. The molecule has 3 aliphatic heterocycles. The van der Waals surface area contributed by atoms with E-state index in [1.807, 2.05) is 13.8 Å². The largest absolute Gasteiger partial charge is 0.394 e. The van der Waals surface area contributed by atoms with Crippen molar-refractivity contribution in [3.63, 3.8) is 0 Å². The number of nitrogens with one attached hydrogen (secondary N) is 2. The van der Waals surface area contributed by atoms with Gasteiger partial charge >= 0.3 is 0 Å². The number of carbonyl (C=O) groups excluding carboxylic acids is 3. The van der Waals surface area contributed by atoms with Crippen LogP contribution < -0.4 is 10.6 Å². The molecule has 2 unspecified atom stereocenters. The molecule has 25 heavy (non-hydrogen) atoms. The number of hydrogen-bond acceptors (Lipinski definition) is 5. The summed E-state index contributed by atoms with van der Waals surface area (Å²) in [4.78, 5) is 39.9. The smallest absolute Gasteiger partial charge is 0.246 e. The Morgan fingerprint density at radius 3 is 2.60 bits per heavy atom. The van der Waals surface area contributed by atoms with E-state index >= 15 is 0 Å². The molecule has 3 fully saturated rings. The van der Waals surface area contributed by atoms with Crippen LogP contribution >= 0.6 is 0 Å². The monoisotopic (exact) mass is 353 g/mol. The van der Waals surface area contributed by atoms with E-state index in [0.717, 1.165) is 0 Å². The van der Waals surface area contributed by atoms with Gasteiger partial charge in [0.2, 0.25) is 17.7 Å². The maximum atomic E-state index is 13.2. The zero-order valence-electron chi connectivity index (χ0n) is 15.1. The van der Waals surface area contributed by atoms with Crippen LogP contribution in [0, 0.1) is 11.8 Å².